The highest BCUT2D eigenvalue weighted by Gasteiger charge is 2.07. The molecule has 7 heteroatoms. The zero-order valence-corrected chi connectivity index (χ0v) is 11.0. The number of hydrogen-bond donors (Lipinski definition) is 2. The number of nitrogens with one attached hydrogen (secondary N) is 1. The highest BCUT2D eigenvalue weighted by Crippen LogP contribution is 2.17. The van der Waals surface area contributed by atoms with Crippen molar-refractivity contribution in [1.29, 1.82) is 0 Å². The molecular weight excluding hydrogens is 264 g/mol. The fraction of sp³-hybridized carbons (Fsp3) is 0.250. The van der Waals surface area contributed by atoms with Gasteiger partial charge in [0.2, 0.25) is 11.8 Å². The Morgan fingerprint density at radius 3 is 2.79 bits per heavy atom. The molecule has 0 aliphatic carbocycles. The van der Waals surface area contributed by atoms with Crippen LogP contribution in [0.15, 0.2) is 40.0 Å². The van der Waals surface area contributed by atoms with E-state index in [9.17, 15) is 4.79 Å². The van der Waals surface area contributed by atoms with Crippen LogP contribution in [0.25, 0.3) is 0 Å². The zero-order valence-electron chi connectivity index (χ0n) is 10.2. The van der Waals surface area contributed by atoms with Crippen LogP contribution in [-0.2, 0) is 11.3 Å². The van der Waals surface area contributed by atoms with Gasteiger partial charge in [-0.3, -0.25) is 4.79 Å². The van der Waals surface area contributed by atoms with Gasteiger partial charge in [0.15, 0.2) is 0 Å². The van der Waals surface area contributed by atoms with Gasteiger partial charge in [-0.25, -0.2) is 0 Å². The van der Waals surface area contributed by atoms with Crippen molar-refractivity contribution in [2.75, 3.05) is 11.1 Å². The minimum Gasteiger partial charge on any atom is -0.415 e. The lowest BCUT2D eigenvalue weighted by Crippen LogP contribution is -2.11. The number of nitrogens with two attached hydrogens (primary N) is 1. The smallest absolute Gasteiger partial charge is 0.276 e. The number of carbonyl (C=O) groups is 1. The maximum absolute atomic E-state index is 11.7. The molecule has 0 aliphatic rings. The van der Waals surface area contributed by atoms with E-state index in [0.29, 0.717) is 23.3 Å². The van der Waals surface area contributed by atoms with E-state index < -0.39 is 0 Å². The number of para-hydroxylation sites is 1. The van der Waals surface area contributed by atoms with Crippen molar-refractivity contribution < 1.29 is 9.21 Å². The topological polar surface area (TPSA) is 94.0 Å². The van der Waals surface area contributed by atoms with Crippen molar-refractivity contribution in [1.82, 2.24) is 10.2 Å². The van der Waals surface area contributed by atoms with E-state index in [4.69, 9.17) is 10.2 Å². The van der Waals surface area contributed by atoms with Crippen LogP contribution in [0.1, 0.15) is 12.3 Å². The largest absolute Gasteiger partial charge is 0.415 e. The summed E-state index contributed by atoms with van der Waals surface area (Å²) in [6.45, 7) is 0.224. The van der Waals surface area contributed by atoms with Gasteiger partial charge in [-0.2, -0.15) is 0 Å². The molecule has 1 aromatic heterocycles. The monoisotopic (exact) mass is 278 g/mol. The maximum atomic E-state index is 11.7. The molecule has 1 aromatic carbocycles. The van der Waals surface area contributed by atoms with Crippen molar-refractivity contribution in [2.45, 2.75) is 18.2 Å². The van der Waals surface area contributed by atoms with Crippen LogP contribution in [0.2, 0.25) is 0 Å². The number of benzene rings is 1. The van der Waals surface area contributed by atoms with Gasteiger partial charge in [0.05, 0.1) is 6.54 Å². The number of rotatable bonds is 6. The molecule has 0 saturated carbocycles. The lowest BCUT2D eigenvalue weighted by molar-refractivity contribution is -0.115. The number of carbonyl (C=O) groups excluding carboxylic acids is 1. The fourth-order valence-electron chi connectivity index (χ4n) is 1.36. The molecule has 0 aliphatic heterocycles. The van der Waals surface area contributed by atoms with Crippen LogP contribution in [-0.4, -0.2) is 21.9 Å². The van der Waals surface area contributed by atoms with E-state index >= 15 is 0 Å². The van der Waals surface area contributed by atoms with Gasteiger partial charge < -0.3 is 15.5 Å². The Morgan fingerprint density at radius 1 is 1.32 bits per heavy atom. The molecule has 0 atom stereocenters. The zero-order chi connectivity index (χ0) is 13.5. The van der Waals surface area contributed by atoms with Gasteiger partial charge in [0, 0.05) is 17.9 Å². The molecule has 0 radical (unpaired) electrons. The summed E-state index contributed by atoms with van der Waals surface area (Å²) in [5.41, 5.74) is 6.15. The third-order valence-electron chi connectivity index (χ3n) is 2.24. The summed E-state index contributed by atoms with van der Waals surface area (Å²) in [6, 6.07) is 9.33. The lowest BCUT2D eigenvalue weighted by atomic mass is 10.3. The summed E-state index contributed by atoms with van der Waals surface area (Å²) in [5, 5.41) is 10.8. The van der Waals surface area contributed by atoms with Crippen molar-refractivity contribution in [3.05, 3.63) is 36.2 Å². The van der Waals surface area contributed by atoms with Crippen LogP contribution in [0.5, 0.6) is 0 Å². The molecule has 1 heterocycles. The Labute approximate surface area is 114 Å². The number of nitrogens with zero attached hydrogens (tertiary/aromatic N) is 2. The van der Waals surface area contributed by atoms with Crippen LogP contribution < -0.4 is 11.1 Å². The first kappa shape index (κ1) is 13.6. The van der Waals surface area contributed by atoms with Crippen LogP contribution >= 0.6 is 11.8 Å². The quantitative estimate of drug-likeness (QED) is 0.780. The second-order valence-electron chi connectivity index (χ2n) is 3.68. The summed E-state index contributed by atoms with van der Waals surface area (Å²) in [5.74, 6) is 0.929. The highest BCUT2D eigenvalue weighted by molar-refractivity contribution is 7.99. The fourth-order valence-corrected chi connectivity index (χ4v) is 2.07. The van der Waals surface area contributed by atoms with E-state index in [2.05, 4.69) is 15.5 Å². The van der Waals surface area contributed by atoms with Gasteiger partial charge in [0.25, 0.3) is 5.22 Å². The first-order valence-electron chi connectivity index (χ1n) is 5.78. The molecule has 2 rings (SSSR count). The first-order valence-corrected chi connectivity index (χ1v) is 6.76. The highest BCUT2D eigenvalue weighted by atomic mass is 32.2. The average Bonchev–Trinajstić information content (AvgIpc) is 2.88. The summed E-state index contributed by atoms with van der Waals surface area (Å²) in [6.07, 6.45) is 0.375. The van der Waals surface area contributed by atoms with Crippen molar-refractivity contribution >= 4 is 23.4 Å². The van der Waals surface area contributed by atoms with Gasteiger partial charge in [-0.05, 0) is 12.1 Å². The van der Waals surface area contributed by atoms with Gasteiger partial charge >= 0.3 is 0 Å². The molecule has 100 valence electrons. The molecule has 0 fully saturated rings. The van der Waals surface area contributed by atoms with Gasteiger partial charge in [-0.15, -0.1) is 10.2 Å². The SMILES string of the molecule is NCc1nnc(SCCC(=O)Nc2ccccc2)o1. The summed E-state index contributed by atoms with van der Waals surface area (Å²) >= 11 is 1.34. The Bertz CT molecular complexity index is 530. The molecule has 0 saturated heterocycles. The number of anilines is 1. The van der Waals surface area contributed by atoms with E-state index in [1.54, 1.807) is 0 Å². The molecule has 19 heavy (non-hydrogen) atoms. The third kappa shape index (κ3) is 4.38. The molecule has 1 amide bonds. The molecule has 0 bridgehead atoms. The van der Waals surface area contributed by atoms with Crippen molar-refractivity contribution in [3.63, 3.8) is 0 Å². The number of thioether (sulfide) groups is 1. The summed E-state index contributed by atoms with van der Waals surface area (Å²) in [4.78, 5) is 11.7. The average molecular weight is 278 g/mol. The number of amides is 1. The predicted molar refractivity (Wildman–Crippen MR) is 72.6 cm³/mol. The lowest BCUT2D eigenvalue weighted by Gasteiger charge is -2.03. The van der Waals surface area contributed by atoms with E-state index in [-0.39, 0.29) is 12.5 Å². The van der Waals surface area contributed by atoms with Crippen LogP contribution in [0.4, 0.5) is 5.69 Å². The summed E-state index contributed by atoms with van der Waals surface area (Å²) < 4.78 is 5.22. The Morgan fingerprint density at radius 2 is 2.11 bits per heavy atom. The van der Waals surface area contributed by atoms with Crippen molar-refractivity contribution in [3.8, 4) is 0 Å². The minimum atomic E-state index is -0.0442. The molecule has 0 spiro atoms. The maximum Gasteiger partial charge on any atom is 0.276 e. The summed E-state index contributed by atoms with van der Waals surface area (Å²) in [7, 11) is 0. The molecule has 0 unspecified atom stereocenters. The van der Waals surface area contributed by atoms with E-state index in [0.717, 1.165) is 5.69 Å². The Balaban J connectivity index is 1.72. The second kappa shape index (κ2) is 6.91. The van der Waals surface area contributed by atoms with Crippen LogP contribution in [0.3, 0.4) is 0 Å². The van der Waals surface area contributed by atoms with E-state index in [1.165, 1.54) is 11.8 Å². The normalized spacial score (nSPS) is 10.4. The minimum absolute atomic E-state index is 0.0442. The third-order valence-corrected chi connectivity index (χ3v) is 3.06. The van der Waals surface area contributed by atoms with E-state index in [1.807, 2.05) is 30.3 Å². The van der Waals surface area contributed by atoms with Gasteiger partial charge in [0.1, 0.15) is 0 Å². The first-order chi connectivity index (χ1) is 9.28. The van der Waals surface area contributed by atoms with Crippen molar-refractivity contribution in [2.24, 2.45) is 5.73 Å². The Hall–Kier alpha value is -1.86. The second-order valence-corrected chi connectivity index (χ2v) is 4.72. The molecule has 6 nitrogen and oxygen atoms in total. The molecule has 3 N–H and O–H groups in total. The molecule has 2 aromatic rings. The Kier molecular flexibility index (Phi) is 4.93. The molecular formula is C12H14N4O2S. The number of hydrogen-bond acceptors (Lipinski definition) is 6. The van der Waals surface area contributed by atoms with Gasteiger partial charge in [-0.1, -0.05) is 30.0 Å². The predicted octanol–water partition coefficient (Wildman–Crippen LogP) is 1.65. The standard InChI is InChI=1S/C12H14N4O2S/c13-8-11-15-16-12(18-11)19-7-6-10(17)14-9-4-2-1-3-5-9/h1-5H,6-8,13H2,(H,14,17). The number of aromatic nitrogens is 2. The van der Waals surface area contributed by atoms with Crippen LogP contribution in [0, 0.1) is 0 Å².